The molecule has 0 amide bonds. The molecule has 0 atom stereocenters. The van der Waals surface area contributed by atoms with Gasteiger partial charge in [-0.25, -0.2) is 9.18 Å². The standard InChI is InChI=1S/C12H11BrFN3O2/c13-9-7-10(14)11(15)6-8(9)12(18)19-5-4-17-3-1-2-16-17/h1-3,6-7H,4-5,15H2. The summed E-state index contributed by atoms with van der Waals surface area (Å²) >= 11 is 3.10. The molecule has 0 radical (unpaired) electrons. The lowest BCUT2D eigenvalue weighted by Gasteiger charge is -2.08. The van der Waals surface area contributed by atoms with Crippen molar-refractivity contribution in [2.45, 2.75) is 6.54 Å². The average Bonchev–Trinajstić information content (AvgIpc) is 2.86. The van der Waals surface area contributed by atoms with Crippen LogP contribution in [0.15, 0.2) is 35.1 Å². The second-order valence-electron chi connectivity index (χ2n) is 3.76. The summed E-state index contributed by atoms with van der Waals surface area (Å²) < 4.78 is 20.2. The van der Waals surface area contributed by atoms with Gasteiger partial charge in [0.15, 0.2) is 0 Å². The third kappa shape index (κ3) is 3.31. The van der Waals surface area contributed by atoms with Gasteiger partial charge in [-0.3, -0.25) is 4.68 Å². The van der Waals surface area contributed by atoms with E-state index in [1.807, 2.05) is 0 Å². The molecule has 0 aliphatic carbocycles. The first kappa shape index (κ1) is 13.5. The van der Waals surface area contributed by atoms with Gasteiger partial charge in [-0.15, -0.1) is 0 Å². The SMILES string of the molecule is Nc1cc(C(=O)OCCn2cccn2)c(Br)cc1F. The minimum Gasteiger partial charge on any atom is -0.460 e. The van der Waals surface area contributed by atoms with E-state index in [-0.39, 0.29) is 17.9 Å². The number of esters is 1. The Kier molecular flexibility index (Phi) is 4.16. The second kappa shape index (κ2) is 5.83. The summed E-state index contributed by atoms with van der Waals surface area (Å²) in [6.07, 6.45) is 3.40. The van der Waals surface area contributed by atoms with E-state index in [1.165, 1.54) is 6.07 Å². The molecule has 0 spiro atoms. The summed E-state index contributed by atoms with van der Waals surface area (Å²) in [6, 6.07) is 4.16. The lowest BCUT2D eigenvalue weighted by Crippen LogP contribution is -2.12. The molecule has 0 saturated carbocycles. The predicted octanol–water partition coefficient (Wildman–Crippen LogP) is 2.22. The summed E-state index contributed by atoms with van der Waals surface area (Å²) in [5.41, 5.74) is 5.51. The van der Waals surface area contributed by atoms with E-state index in [9.17, 15) is 9.18 Å². The van der Waals surface area contributed by atoms with Gasteiger partial charge < -0.3 is 10.5 Å². The number of hydrogen-bond acceptors (Lipinski definition) is 4. The number of benzene rings is 1. The normalized spacial score (nSPS) is 10.4. The van der Waals surface area contributed by atoms with Crippen LogP contribution in [-0.4, -0.2) is 22.4 Å². The second-order valence-corrected chi connectivity index (χ2v) is 4.61. The topological polar surface area (TPSA) is 70.1 Å². The Bertz CT molecular complexity index is 587. The van der Waals surface area contributed by atoms with Crippen LogP contribution in [0, 0.1) is 5.82 Å². The average molecular weight is 328 g/mol. The number of nitrogens with zero attached hydrogens (tertiary/aromatic N) is 2. The highest BCUT2D eigenvalue weighted by Gasteiger charge is 2.14. The number of nitrogens with two attached hydrogens (primary N) is 1. The molecule has 5 nitrogen and oxygen atoms in total. The highest BCUT2D eigenvalue weighted by Crippen LogP contribution is 2.23. The van der Waals surface area contributed by atoms with Crippen LogP contribution in [0.4, 0.5) is 10.1 Å². The highest BCUT2D eigenvalue weighted by atomic mass is 79.9. The van der Waals surface area contributed by atoms with E-state index in [1.54, 1.807) is 23.1 Å². The molecule has 100 valence electrons. The minimum absolute atomic E-state index is 0.0952. The van der Waals surface area contributed by atoms with Crippen LogP contribution in [0.3, 0.4) is 0 Å². The molecule has 2 rings (SSSR count). The number of carbonyl (C=O) groups is 1. The molecule has 1 aromatic carbocycles. The van der Waals surface area contributed by atoms with Gasteiger partial charge in [-0.05, 0) is 34.1 Å². The molecule has 0 fully saturated rings. The number of hydrogen-bond donors (Lipinski definition) is 1. The molecule has 2 N–H and O–H groups in total. The van der Waals surface area contributed by atoms with Crippen molar-refractivity contribution in [2.75, 3.05) is 12.3 Å². The van der Waals surface area contributed by atoms with Crippen LogP contribution < -0.4 is 5.73 Å². The number of aromatic nitrogens is 2. The van der Waals surface area contributed by atoms with Gasteiger partial charge in [0.2, 0.25) is 0 Å². The number of halogens is 2. The Morgan fingerprint density at radius 1 is 1.53 bits per heavy atom. The lowest BCUT2D eigenvalue weighted by molar-refractivity contribution is 0.0486. The van der Waals surface area contributed by atoms with E-state index in [0.29, 0.717) is 11.0 Å². The minimum atomic E-state index is -0.583. The van der Waals surface area contributed by atoms with Crippen LogP contribution in [-0.2, 0) is 11.3 Å². The molecule has 0 aliphatic heterocycles. The summed E-state index contributed by atoms with van der Waals surface area (Å²) in [6.45, 7) is 0.622. The summed E-state index contributed by atoms with van der Waals surface area (Å²) in [5, 5.41) is 3.98. The van der Waals surface area contributed by atoms with Crippen molar-refractivity contribution >= 4 is 27.6 Å². The fourth-order valence-corrected chi connectivity index (χ4v) is 1.94. The Morgan fingerprint density at radius 2 is 2.32 bits per heavy atom. The zero-order valence-electron chi connectivity index (χ0n) is 9.85. The van der Waals surface area contributed by atoms with Crippen LogP contribution in [0.2, 0.25) is 0 Å². The number of nitrogen functional groups attached to an aromatic ring is 1. The molecule has 0 unspecified atom stereocenters. The Balaban J connectivity index is 1.98. The molecule has 0 bridgehead atoms. The molecular weight excluding hydrogens is 317 g/mol. The van der Waals surface area contributed by atoms with Gasteiger partial charge in [0.1, 0.15) is 12.4 Å². The van der Waals surface area contributed by atoms with Crippen molar-refractivity contribution in [3.8, 4) is 0 Å². The predicted molar refractivity (Wildman–Crippen MR) is 71.0 cm³/mol. The van der Waals surface area contributed by atoms with Gasteiger partial charge in [0.05, 0.1) is 17.8 Å². The van der Waals surface area contributed by atoms with E-state index < -0.39 is 11.8 Å². The fourth-order valence-electron chi connectivity index (χ4n) is 1.46. The molecular formula is C12H11BrFN3O2. The fraction of sp³-hybridized carbons (Fsp3) is 0.167. The monoisotopic (exact) mass is 327 g/mol. The third-order valence-electron chi connectivity index (χ3n) is 2.42. The van der Waals surface area contributed by atoms with E-state index in [4.69, 9.17) is 10.5 Å². The van der Waals surface area contributed by atoms with E-state index in [0.717, 1.165) is 6.07 Å². The van der Waals surface area contributed by atoms with Crippen molar-refractivity contribution in [1.82, 2.24) is 9.78 Å². The summed E-state index contributed by atoms with van der Waals surface area (Å²) in [7, 11) is 0. The number of rotatable bonds is 4. The van der Waals surface area contributed by atoms with E-state index in [2.05, 4.69) is 21.0 Å². The van der Waals surface area contributed by atoms with Gasteiger partial charge in [0.25, 0.3) is 0 Å². The number of anilines is 1. The maximum absolute atomic E-state index is 13.1. The zero-order valence-corrected chi connectivity index (χ0v) is 11.4. The van der Waals surface area contributed by atoms with Gasteiger partial charge in [0, 0.05) is 16.9 Å². The van der Waals surface area contributed by atoms with Crippen LogP contribution >= 0.6 is 15.9 Å². The van der Waals surface area contributed by atoms with Gasteiger partial charge >= 0.3 is 5.97 Å². The Hall–Kier alpha value is -1.89. The summed E-state index contributed by atoms with van der Waals surface area (Å²) in [5.74, 6) is -1.15. The maximum atomic E-state index is 13.1. The molecule has 0 saturated heterocycles. The molecule has 1 aromatic heterocycles. The van der Waals surface area contributed by atoms with E-state index >= 15 is 0 Å². The molecule has 19 heavy (non-hydrogen) atoms. The van der Waals surface area contributed by atoms with Crippen LogP contribution in [0.5, 0.6) is 0 Å². The van der Waals surface area contributed by atoms with Crippen molar-refractivity contribution in [2.24, 2.45) is 0 Å². The van der Waals surface area contributed by atoms with Crippen LogP contribution in [0.1, 0.15) is 10.4 Å². The third-order valence-corrected chi connectivity index (χ3v) is 3.08. The zero-order chi connectivity index (χ0) is 13.8. The summed E-state index contributed by atoms with van der Waals surface area (Å²) in [4.78, 5) is 11.8. The molecule has 7 heteroatoms. The Morgan fingerprint density at radius 3 is 3.00 bits per heavy atom. The first-order valence-corrected chi connectivity index (χ1v) is 6.26. The van der Waals surface area contributed by atoms with Crippen molar-refractivity contribution in [3.63, 3.8) is 0 Å². The largest absolute Gasteiger partial charge is 0.460 e. The Labute approximate surface area is 117 Å². The van der Waals surface area contributed by atoms with Crippen molar-refractivity contribution in [1.29, 1.82) is 0 Å². The van der Waals surface area contributed by atoms with Gasteiger partial charge in [-0.2, -0.15) is 5.10 Å². The lowest BCUT2D eigenvalue weighted by atomic mass is 10.2. The quantitative estimate of drug-likeness (QED) is 0.690. The van der Waals surface area contributed by atoms with Crippen molar-refractivity contribution in [3.05, 3.63) is 46.4 Å². The first-order chi connectivity index (χ1) is 9.08. The smallest absolute Gasteiger partial charge is 0.339 e. The molecule has 2 aromatic rings. The molecule has 1 heterocycles. The highest BCUT2D eigenvalue weighted by molar-refractivity contribution is 9.10. The first-order valence-electron chi connectivity index (χ1n) is 5.47. The maximum Gasteiger partial charge on any atom is 0.339 e. The van der Waals surface area contributed by atoms with Gasteiger partial charge in [-0.1, -0.05) is 0 Å². The number of ether oxygens (including phenoxy) is 1. The van der Waals surface area contributed by atoms with Crippen molar-refractivity contribution < 1.29 is 13.9 Å². The van der Waals surface area contributed by atoms with Crippen LogP contribution in [0.25, 0.3) is 0 Å². The molecule has 0 aliphatic rings. The number of carbonyl (C=O) groups excluding carboxylic acids is 1.